The van der Waals surface area contributed by atoms with Gasteiger partial charge in [-0.05, 0) is 44.8 Å². The molecule has 0 aliphatic carbocycles. The van der Waals surface area contributed by atoms with Crippen molar-refractivity contribution in [1.29, 1.82) is 0 Å². The van der Waals surface area contributed by atoms with Crippen molar-refractivity contribution >= 4 is 6.03 Å². The van der Waals surface area contributed by atoms with Crippen LogP contribution in [0.2, 0.25) is 0 Å². The molecule has 2 rings (SSSR count). The van der Waals surface area contributed by atoms with Gasteiger partial charge in [0.25, 0.3) is 0 Å². The molecule has 0 aromatic heterocycles. The third-order valence-electron chi connectivity index (χ3n) is 4.97. The average Bonchev–Trinajstić information content (AvgIpc) is 2.60. The first kappa shape index (κ1) is 20.6. The van der Waals surface area contributed by atoms with Crippen molar-refractivity contribution in [1.82, 2.24) is 15.1 Å². The lowest BCUT2D eigenvalue weighted by Crippen LogP contribution is -2.44. The van der Waals surface area contributed by atoms with E-state index in [1.807, 2.05) is 0 Å². The summed E-state index contributed by atoms with van der Waals surface area (Å²) in [5, 5.41) is 2.78. The summed E-state index contributed by atoms with van der Waals surface area (Å²) in [4.78, 5) is 16.4. The van der Waals surface area contributed by atoms with Crippen LogP contribution in [-0.2, 0) is 4.74 Å². The number of benzene rings is 1. The zero-order chi connectivity index (χ0) is 19.1. The quantitative estimate of drug-likeness (QED) is 0.804. The topological polar surface area (TPSA) is 44.8 Å². The maximum atomic E-state index is 13.8. The lowest BCUT2D eigenvalue weighted by atomic mass is 9.96. The van der Waals surface area contributed by atoms with Crippen LogP contribution in [0, 0.1) is 17.6 Å². The van der Waals surface area contributed by atoms with E-state index in [1.54, 1.807) is 26.0 Å². The molecule has 1 aliphatic rings. The maximum Gasteiger partial charge on any atom is 0.317 e. The smallest absolute Gasteiger partial charge is 0.317 e. The second-order valence-electron chi connectivity index (χ2n) is 7.00. The Kier molecular flexibility index (Phi) is 7.78. The molecule has 146 valence electrons. The Morgan fingerprint density at radius 2 is 2.08 bits per heavy atom. The van der Waals surface area contributed by atoms with E-state index in [4.69, 9.17) is 4.74 Å². The van der Waals surface area contributed by atoms with Crippen LogP contribution in [0.25, 0.3) is 0 Å². The van der Waals surface area contributed by atoms with Gasteiger partial charge in [-0.3, -0.25) is 0 Å². The molecular weight excluding hydrogens is 340 g/mol. The Bertz CT molecular complexity index is 592. The van der Waals surface area contributed by atoms with E-state index in [1.165, 1.54) is 12.1 Å². The van der Waals surface area contributed by atoms with Gasteiger partial charge in [0, 0.05) is 38.9 Å². The van der Waals surface area contributed by atoms with E-state index in [-0.39, 0.29) is 11.6 Å². The van der Waals surface area contributed by atoms with E-state index in [9.17, 15) is 13.6 Å². The van der Waals surface area contributed by atoms with Gasteiger partial charge in [0.2, 0.25) is 0 Å². The fourth-order valence-electron chi connectivity index (χ4n) is 3.31. The van der Waals surface area contributed by atoms with Crippen LogP contribution < -0.4 is 5.32 Å². The van der Waals surface area contributed by atoms with Crippen molar-refractivity contribution < 1.29 is 18.3 Å². The number of likely N-dealkylation sites (tertiary alicyclic amines) is 1. The number of carbonyl (C=O) groups excluding carboxylic acids is 1. The first-order chi connectivity index (χ1) is 12.4. The molecule has 1 fully saturated rings. The van der Waals surface area contributed by atoms with Crippen molar-refractivity contribution in [2.24, 2.45) is 5.92 Å². The Labute approximate surface area is 154 Å². The first-order valence-corrected chi connectivity index (χ1v) is 9.08. The van der Waals surface area contributed by atoms with Gasteiger partial charge in [0.15, 0.2) is 0 Å². The zero-order valence-electron chi connectivity index (χ0n) is 15.8. The summed E-state index contributed by atoms with van der Waals surface area (Å²) in [5.74, 6) is -0.815. The van der Waals surface area contributed by atoms with Crippen LogP contribution in [0.1, 0.15) is 31.4 Å². The number of hydrogen-bond donors (Lipinski definition) is 1. The number of hydrogen-bond acceptors (Lipinski definition) is 3. The molecule has 26 heavy (non-hydrogen) atoms. The third-order valence-corrected chi connectivity index (χ3v) is 4.97. The van der Waals surface area contributed by atoms with Crippen molar-refractivity contribution in [3.63, 3.8) is 0 Å². The number of piperidine rings is 1. The molecule has 1 aromatic rings. The van der Waals surface area contributed by atoms with Crippen LogP contribution in [0.3, 0.4) is 0 Å². The van der Waals surface area contributed by atoms with Crippen LogP contribution in [0.15, 0.2) is 18.2 Å². The van der Waals surface area contributed by atoms with Crippen LogP contribution in [-0.4, -0.2) is 62.8 Å². The van der Waals surface area contributed by atoms with Crippen molar-refractivity contribution in [3.05, 3.63) is 35.4 Å². The standard InChI is InChI=1S/C19H29F2N3O2/c1-14(17-5-4-16(20)12-18(17)21)22-19(25)23(2)13-15-6-8-24(9-7-15)10-11-26-3/h4-5,12,14-15H,6-11,13H2,1-3H3,(H,22,25)/t14-/m0/s1. The molecule has 0 saturated carbocycles. The average molecular weight is 369 g/mol. The molecular formula is C19H29F2N3O2. The molecule has 0 radical (unpaired) electrons. The minimum Gasteiger partial charge on any atom is -0.383 e. The Morgan fingerprint density at radius 1 is 1.38 bits per heavy atom. The number of amides is 2. The predicted molar refractivity (Wildman–Crippen MR) is 97.0 cm³/mol. The van der Waals surface area contributed by atoms with Crippen LogP contribution in [0.5, 0.6) is 0 Å². The van der Waals surface area contributed by atoms with Gasteiger partial charge in [-0.25, -0.2) is 13.6 Å². The van der Waals surface area contributed by atoms with Gasteiger partial charge in [0.05, 0.1) is 12.6 Å². The van der Waals surface area contributed by atoms with Gasteiger partial charge in [0.1, 0.15) is 11.6 Å². The van der Waals surface area contributed by atoms with E-state index in [0.717, 1.165) is 45.1 Å². The lowest BCUT2D eigenvalue weighted by molar-refractivity contribution is 0.112. The molecule has 2 amide bonds. The van der Waals surface area contributed by atoms with E-state index in [0.29, 0.717) is 12.5 Å². The zero-order valence-corrected chi connectivity index (χ0v) is 15.8. The third kappa shape index (κ3) is 5.92. The first-order valence-electron chi connectivity index (χ1n) is 9.08. The van der Waals surface area contributed by atoms with Gasteiger partial charge in [-0.2, -0.15) is 0 Å². The number of halogens is 2. The largest absolute Gasteiger partial charge is 0.383 e. The number of rotatable bonds is 7. The van der Waals surface area contributed by atoms with Crippen LogP contribution in [0.4, 0.5) is 13.6 Å². The molecule has 0 spiro atoms. The predicted octanol–water partition coefficient (Wildman–Crippen LogP) is 3.03. The second kappa shape index (κ2) is 9.83. The minimum atomic E-state index is -0.649. The summed E-state index contributed by atoms with van der Waals surface area (Å²) in [7, 11) is 3.46. The lowest BCUT2D eigenvalue weighted by Gasteiger charge is -2.34. The van der Waals surface area contributed by atoms with Crippen LogP contribution >= 0.6 is 0 Å². The summed E-state index contributed by atoms with van der Waals surface area (Å²) in [6.45, 7) is 6.07. The fourth-order valence-corrected chi connectivity index (χ4v) is 3.31. The summed E-state index contributed by atoms with van der Waals surface area (Å²) in [5.41, 5.74) is 0.277. The monoisotopic (exact) mass is 369 g/mol. The molecule has 1 heterocycles. The van der Waals surface area contributed by atoms with E-state index >= 15 is 0 Å². The molecule has 5 nitrogen and oxygen atoms in total. The molecule has 0 bridgehead atoms. The summed E-state index contributed by atoms with van der Waals surface area (Å²) in [6.07, 6.45) is 2.09. The van der Waals surface area contributed by atoms with Crippen molar-refractivity contribution in [2.45, 2.75) is 25.8 Å². The highest BCUT2D eigenvalue weighted by Crippen LogP contribution is 2.20. The summed E-state index contributed by atoms with van der Waals surface area (Å²) < 4.78 is 31.9. The Hall–Kier alpha value is -1.73. The van der Waals surface area contributed by atoms with Gasteiger partial charge in [-0.15, -0.1) is 0 Å². The number of nitrogens with zero attached hydrogens (tertiary/aromatic N) is 2. The molecule has 7 heteroatoms. The highest BCUT2D eigenvalue weighted by Gasteiger charge is 2.23. The Balaban J connectivity index is 1.79. The molecule has 0 unspecified atom stereocenters. The minimum absolute atomic E-state index is 0.247. The molecule has 1 atom stereocenters. The normalized spacial score (nSPS) is 17.1. The number of methoxy groups -OCH3 is 1. The number of carbonyl (C=O) groups is 1. The summed E-state index contributed by atoms with van der Waals surface area (Å²) >= 11 is 0. The second-order valence-corrected chi connectivity index (χ2v) is 7.00. The van der Waals surface area contributed by atoms with E-state index < -0.39 is 17.7 Å². The molecule has 1 saturated heterocycles. The molecule has 1 aromatic carbocycles. The number of urea groups is 1. The molecule has 1 N–H and O–H groups in total. The van der Waals surface area contributed by atoms with Gasteiger partial charge < -0.3 is 19.9 Å². The van der Waals surface area contributed by atoms with Gasteiger partial charge in [-0.1, -0.05) is 6.07 Å². The van der Waals surface area contributed by atoms with Crippen molar-refractivity contribution in [3.8, 4) is 0 Å². The number of ether oxygens (including phenoxy) is 1. The Morgan fingerprint density at radius 3 is 2.69 bits per heavy atom. The molecule has 1 aliphatic heterocycles. The van der Waals surface area contributed by atoms with Gasteiger partial charge >= 0.3 is 6.03 Å². The van der Waals surface area contributed by atoms with E-state index in [2.05, 4.69) is 10.2 Å². The fraction of sp³-hybridized carbons (Fsp3) is 0.632. The number of nitrogens with one attached hydrogen (secondary N) is 1. The highest BCUT2D eigenvalue weighted by atomic mass is 19.1. The highest BCUT2D eigenvalue weighted by molar-refractivity contribution is 5.74. The van der Waals surface area contributed by atoms with Crippen molar-refractivity contribution in [2.75, 3.05) is 46.9 Å². The SMILES string of the molecule is COCCN1CCC(CN(C)C(=O)N[C@@H](C)c2ccc(F)cc2F)CC1. The maximum absolute atomic E-state index is 13.8. The summed E-state index contributed by atoms with van der Waals surface area (Å²) in [6, 6.07) is 2.62.